The average molecular weight is 436 g/mol. The number of hydrogen-bond donors (Lipinski definition) is 1. The molecule has 1 atom stereocenters. The Balaban J connectivity index is 1.57. The molecule has 5 rings (SSSR count). The van der Waals surface area contributed by atoms with E-state index in [-0.39, 0.29) is 17.9 Å². The summed E-state index contributed by atoms with van der Waals surface area (Å²) in [5.41, 5.74) is 1.50. The van der Waals surface area contributed by atoms with Crippen LogP contribution >= 0.6 is 11.6 Å². The van der Waals surface area contributed by atoms with Crippen LogP contribution in [0.4, 0.5) is 0 Å². The first kappa shape index (κ1) is 20.1. The van der Waals surface area contributed by atoms with Gasteiger partial charge in [0.1, 0.15) is 11.2 Å². The van der Waals surface area contributed by atoms with E-state index in [1.54, 1.807) is 4.90 Å². The van der Waals surface area contributed by atoms with Crippen LogP contribution in [0.2, 0.25) is 5.02 Å². The first-order valence-corrected chi connectivity index (χ1v) is 11.3. The van der Waals surface area contributed by atoms with Crippen LogP contribution in [0.1, 0.15) is 48.7 Å². The summed E-state index contributed by atoms with van der Waals surface area (Å²) in [6.45, 7) is 2.63. The number of fused-ring (bicyclic) bond motifs is 3. The second kappa shape index (κ2) is 7.72. The number of para-hydroxylation sites is 1. The van der Waals surface area contributed by atoms with Crippen molar-refractivity contribution in [2.75, 3.05) is 0 Å². The molecule has 1 aliphatic heterocycles. The highest BCUT2D eigenvalue weighted by atomic mass is 35.5. The molecule has 31 heavy (non-hydrogen) atoms. The van der Waals surface area contributed by atoms with E-state index >= 15 is 0 Å². The second-order valence-electron chi connectivity index (χ2n) is 8.92. The number of nitrogens with one attached hydrogen (secondary N) is 1. The van der Waals surface area contributed by atoms with E-state index in [9.17, 15) is 9.59 Å². The number of hydrogen-bond acceptors (Lipinski definition) is 2. The fourth-order valence-corrected chi connectivity index (χ4v) is 5.20. The number of halogens is 1. The number of benzene rings is 2. The Morgan fingerprint density at radius 2 is 1.90 bits per heavy atom. The highest BCUT2D eigenvalue weighted by Crippen LogP contribution is 2.34. The van der Waals surface area contributed by atoms with Gasteiger partial charge in [-0.1, -0.05) is 54.8 Å². The molecular formula is C25H26ClN3O2. The summed E-state index contributed by atoms with van der Waals surface area (Å²) in [5.74, 6) is -0.218. The van der Waals surface area contributed by atoms with Crippen molar-refractivity contribution in [1.29, 1.82) is 0 Å². The molecule has 1 aromatic heterocycles. The monoisotopic (exact) mass is 435 g/mol. The summed E-state index contributed by atoms with van der Waals surface area (Å²) in [5, 5.41) is 4.86. The molecule has 0 saturated heterocycles. The molecule has 0 bridgehead atoms. The van der Waals surface area contributed by atoms with Crippen LogP contribution in [0.25, 0.3) is 10.9 Å². The van der Waals surface area contributed by atoms with Gasteiger partial charge in [-0.05, 0) is 49.6 Å². The molecule has 1 saturated carbocycles. The Labute approximate surface area is 187 Å². The van der Waals surface area contributed by atoms with Crippen molar-refractivity contribution in [3.8, 4) is 0 Å². The number of rotatable bonds is 4. The minimum absolute atomic E-state index is 0.0850. The summed E-state index contributed by atoms with van der Waals surface area (Å²) in [4.78, 5) is 29.1. The van der Waals surface area contributed by atoms with Crippen LogP contribution in [0, 0.1) is 0 Å². The summed E-state index contributed by atoms with van der Waals surface area (Å²) < 4.78 is 2.00. The number of nitrogens with zero attached hydrogens (tertiary/aromatic N) is 2. The zero-order valence-electron chi connectivity index (χ0n) is 17.6. The highest BCUT2D eigenvalue weighted by molar-refractivity contribution is 6.30. The quantitative estimate of drug-likeness (QED) is 0.641. The highest BCUT2D eigenvalue weighted by Gasteiger charge is 2.48. The lowest BCUT2D eigenvalue weighted by atomic mass is 9.93. The molecule has 5 nitrogen and oxygen atoms in total. The third-order valence-corrected chi connectivity index (χ3v) is 6.98. The van der Waals surface area contributed by atoms with Gasteiger partial charge in [0.25, 0.3) is 5.91 Å². The minimum atomic E-state index is -1.00. The number of carbonyl (C=O) groups is 2. The number of carbonyl (C=O) groups excluding carboxylic acids is 2. The van der Waals surface area contributed by atoms with E-state index in [4.69, 9.17) is 11.6 Å². The zero-order chi connectivity index (χ0) is 21.6. The molecule has 1 fully saturated rings. The van der Waals surface area contributed by atoms with Gasteiger partial charge in [-0.15, -0.1) is 0 Å². The third-order valence-electron chi connectivity index (χ3n) is 6.75. The van der Waals surface area contributed by atoms with E-state index in [0.717, 1.165) is 42.1 Å². The minimum Gasteiger partial charge on any atom is -0.351 e. The van der Waals surface area contributed by atoms with Gasteiger partial charge in [-0.3, -0.25) is 9.59 Å². The van der Waals surface area contributed by atoms with Crippen molar-refractivity contribution in [3.63, 3.8) is 0 Å². The van der Waals surface area contributed by atoms with E-state index < -0.39 is 5.54 Å². The van der Waals surface area contributed by atoms with Crippen molar-refractivity contribution in [2.24, 2.45) is 0 Å². The summed E-state index contributed by atoms with van der Waals surface area (Å²) in [7, 11) is 0. The van der Waals surface area contributed by atoms with Crippen molar-refractivity contribution >= 4 is 34.3 Å². The maximum Gasteiger partial charge on any atom is 0.271 e. The van der Waals surface area contributed by atoms with Gasteiger partial charge in [0.15, 0.2) is 0 Å². The third kappa shape index (κ3) is 3.51. The topological polar surface area (TPSA) is 54.3 Å². The Morgan fingerprint density at radius 1 is 1.13 bits per heavy atom. The van der Waals surface area contributed by atoms with Crippen molar-refractivity contribution in [1.82, 2.24) is 14.8 Å². The summed E-state index contributed by atoms with van der Waals surface area (Å²) in [6, 6.07) is 17.5. The molecule has 6 heteroatoms. The van der Waals surface area contributed by atoms with Crippen LogP contribution in [0.5, 0.6) is 0 Å². The maximum absolute atomic E-state index is 13.7. The van der Waals surface area contributed by atoms with Gasteiger partial charge >= 0.3 is 0 Å². The fourth-order valence-electron chi connectivity index (χ4n) is 4.98. The van der Waals surface area contributed by atoms with Crippen molar-refractivity contribution in [2.45, 2.75) is 57.3 Å². The fraction of sp³-hybridized carbons (Fsp3) is 0.360. The molecule has 2 heterocycles. The Hall–Kier alpha value is -2.79. The number of aromatic nitrogens is 1. The van der Waals surface area contributed by atoms with Crippen LogP contribution in [-0.2, 0) is 17.9 Å². The Kier molecular flexibility index (Phi) is 5.01. The molecule has 2 aromatic carbocycles. The standard InChI is InChI=1S/C25H26ClN3O2/c1-25(24(31)27-20-10-3-4-11-20)16-28-21-12-5-2-8-18(21)14-22(28)23(30)29(25)15-17-7-6-9-19(26)13-17/h2,5-9,12-14,20H,3-4,10-11,15-16H2,1H3,(H,27,31). The van der Waals surface area contributed by atoms with Crippen molar-refractivity contribution < 1.29 is 9.59 Å². The molecule has 1 aliphatic carbocycles. The molecule has 2 aliphatic rings. The van der Waals surface area contributed by atoms with Gasteiger partial charge in [-0.2, -0.15) is 0 Å². The smallest absolute Gasteiger partial charge is 0.271 e. The molecule has 0 spiro atoms. The van der Waals surface area contributed by atoms with Gasteiger partial charge in [0.2, 0.25) is 5.91 Å². The van der Waals surface area contributed by atoms with E-state index in [0.29, 0.717) is 23.8 Å². The van der Waals surface area contributed by atoms with E-state index in [1.165, 1.54) is 0 Å². The zero-order valence-corrected chi connectivity index (χ0v) is 18.4. The maximum atomic E-state index is 13.7. The molecule has 160 valence electrons. The van der Waals surface area contributed by atoms with Crippen LogP contribution < -0.4 is 5.32 Å². The largest absolute Gasteiger partial charge is 0.351 e. The van der Waals surface area contributed by atoms with Crippen LogP contribution in [-0.4, -0.2) is 32.9 Å². The SMILES string of the molecule is CC1(C(=O)NC2CCCC2)Cn2c(cc3ccccc32)C(=O)N1Cc1cccc(Cl)c1. The van der Waals surface area contributed by atoms with Crippen molar-refractivity contribution in [3.05, 3.63) is 70.9 Å². The lowest BCUT2D eigenvalue weighted by Gasteiger charge is -2.44. The molecule has 0 radical (unpaired) electrons. The normalized spacial score (nSPS) is 21.5. The van der Waals surface area contributed by atoms with E-state index in [2.05, 4.69) is 5.32 Å². The summed E-state index contributed by atoms with van der Waals surface area (Å²) >= 11 is 6.19. The summed E-state index contributed by atoms with van der Waals surface area (Å²) in [6.07, 6.45) is 4.28. The van der Waals surface area contributed by atoms with Gasteiger partial charge in [-0.25, -0.2) is 0 Å². The van der Waals surface area contributed by atoms with Crippen LogP contribution in [0.3, 0.4) is 0 Å². The molecule has 2 amide bonds. The Bertz CT molecular complexity index is 1160. The van der Waals surface area contributed by atoms with E-state index in [1.807, 2.05) is 66.1 Å². The first-order chi connectivity index (χ1) is 15.0. The molecular weight excluding hydrogens is 410 g/mol. The molecule has 1 N–H and O–H groups in total. The first-order valence-electron chi connectivity index (χ1n) is 10.9. The lowest BCUT2D eigenvalue weighted by molar-refractivity contribution is -0.133. The van der Waals surface area contributed by atoms with Gasteiger partial charge in [0.05, 0.1) is 6.54 Å². The second-order valence-corrected chi connectivity index (χ2v) is 9.36. The molecule has 3 aromatic rings. The predicted molar refractivity (Wildman–Crippen MR) is 122 cm³/mol. The predicted octanol–water partition coefficient (Wildman–Crippen LogP) is 4.77. The lowest BCUT2D eigenvalue weighted by Crippen LogP contribution is -2.64. The number of amides is 2. The Morgan fingerprint density at radius 3 is 2.68 bits per heavy atom. The van der Waals surface area contributed by atoms with Gasteiger partial charge < -0.3 is 14.8 Å². The van der Waals surface area contributed by atoms with Gasteiger partial charge in [0, 0.05) is 28.5 Å². The molecule has 1 unspecified atom stereocenters. The van der Waals surface area contributed by atoms with Crippen LogP contribution in [0.15, 0.2) is 54.6 Å². The average Bonchev–Trinajstić information content (AvgIpc) is 3.39.